The standard InChI is InChI=1S/C9H13F3N2OS.C4H10O.C2H5NO/c1-13-6(2-3-9(10,11)12)7(15)8-14-4-5-16-8;1-3-4(2)5;3-1-2-4/h4-7,13,15H,2-3H2,1H3;4-5H,3H2,1-2H3;2H,1,3H2. The minimum absolute atomic E-state index is 0.116. The number of nitrogens with one attached hydrogen (secondary N) is 1. The molecule has 0 fully saturated rings. The van der Waals surface area contributed by atoms with Gasteiger partial charge in [0.05, 0.1) is 6.10 Å². The van der Waals surface area contributed by atoms with Gasteiger partial charge in [0, 0.05) is 30.6 Å². The molecule has 0 saturated carbocycles. The molecule has 0 amide bonds. The molecule has 0 aliphatic heterocycles. The molecule has 3 atom stereocenters. The van der Waals surface area contributed by atoms with Crippen LogP contribution in [0.4, 0.5) is 13.2 Å². The zero-order valence-corrected chi connectivity index (χ0v) is 15.5. The van der Waals surface area contributed by atoms with Crippen molar-refractivity contribution in [1.29, 1.82) is 0 Å². The van der Waals surface area contributed by atoms with Crippen molar-refractivity contribution < 1.29 is 28.2 Å². The van der Waals surface area contributed by atoms with E-state index in [1.807, 2.05) is 6.92 Å². The van der Waals surface area contributed by atoms with Crippen LogP contribution in [0.15, 0.2) is 11.6 Å². The highest BCUT2D eigenvalue weighted by atomic mass is 32.1. The number of thiazole rings is 1. The van der Waals surface area contributed by atoms with Gasteiger partial charge in [0.2, 0.25) is 0 Å². The van der Waals surface area contributed by atoms with E-state index in [4.69, 9.17) is 9.90 Å². The third-order valence-electron chi connectivity index (χ3n) is 2.88. The predicted molar refractivity (Wildman–Crippen MR) is 92.3 cm³/mol. The molecule has 148 valence electrons. The first kappa shape index (κ1) is 26.2. The van der Waals surface area contributed by atoms with Gasteiger partial charge in [-0.25, -0.2) is 4.98 Å². The van der Waals surface area contributed by atoms with E-state index >= 15 is 0 Å². The molecule has 1 aromatic heterocycles. The molecule has 10 heteroatoms. The summed E-state index contributed by atoms with van der Waals surface area (Å²) in [7, 11) is 1.53. The molecule has 25 heavy (non-hydrogen) atoms. The topological polar surface area (TPSA) is 108 Å². The Balaban J connectivity index is 0. The molecule has 1 heterocycles. The average Bonchev–Trinajstić information content (AvgIpc) is 3.09. The largest absolute Gasteiger partial charge is 0.393 e. The van der Waals surface area contributed by atoms with Crippen molar-refractivity contribution >= 4 is 17.6 Å². The zero-order valence-electron chi connectivity index (χ0n) is 14.7. The summed E-state index contributed by atoms with van der Waals surface area (Å²) in [6.07, 6.45) is -3.36. The van der Waals surface area contributed by atoms with E-state index in [9.17, 15) is 18.3 Å². The SMILES string of the molecule is CCC(C)O.CNC(CCC(F)(F)F)C(O)c1nccs1.NCC=O. The molecule has 0 saturated heterocycles. The number of carbonyl (C=O) groups excluding carboxylic acids is 1. The number of rotatable bonds is 7. The van der Waals surface area contributed by atoms with Gasteiger partial charge in [0.15, 0.2) is 0 Å². The number of aromatic nitrogens is 1. The number of carbonyl (C=O) groups is 1. The summed E-state index contributed by atoms with van der Waals surface area (Å²) in [6.45, 7) is 3.87. The molecule has 0 aliphatic rings. The summed E-state index contributed by atoms with van der Waals surface area (Å²) in [5.41, 5.74) is 4.66. The third kappa shape index (κ3) is 16.2. The van der Waals surface area contributed by atoms with Crippen molar-refractivity contribution in [3.63, 3.8) is 0 Å². The first-order valence-electron chi connectivity index (χ1n) is 7.76. The van der Waals surface area contributed by atoms with E-state index < -0.39 is 24.7 Å². The fourth-order valence-electron chi connectivity index (χ4n) is 1.33. The van der Waals surface area contributed by atoms with Crippen molar-refractivity contribution in [3.8, 4) is 0 Å². The number of hydrogen-bond donors (Lipinski definition) is 4. The van der Waals surface area contributed by atoms with Gasteiger partial charge in [-0.05, 0) is 26.8 Å². The number of aliphatic hydroxyl groups is 2. The number of aliphatic hydroxyl groups excluding tert-OH is 2. The smallest absolute Gasteiger partial charge is 0.389 e. The Morgan fingerprint density at radius 1 is 1.44 bits per heavy atom. The lowest BCUT2D eigenvalue weighted by molar-refractivity contribution is -0.138. The normalized spacial score (nSPS) is 14.3. The number of aldehydes is 1. The molecule has 0 radical (unpaired) electrons. The highest BCUT2D eigenvalue weighted by Gasteiger charge is 2.30. The van der Waals surface area contributed by atoms with Crippen molar-refractivity contribution in [2.24, 2.45) is 5.73 Å². The number of hydrogen-bond acceptors (Lipinski definition) is 7. The van der Waals surface area contributed by atoms with Gasteiger partial charge >= 0.3 is 6.18 Å². The van der Waals surface area contributed by atoms with Crippen LogP contribution in [0.2, 0.25) is 0 Å². The van der Waals surface area contributed by atoms with E-state index in [0.29, 0.717) is 11.3 Å². The van der Waals surface area contributed by atoms with E-state index in [0.717, 1.165) is 6.42 Å². The van der Waals surface area contributed by atoms with Crippen LogP contribution < -0.4 is 11.1 Å². The second-order valence-corrected chi connectivity index (χ2v) is 5.95. The average molecular weight is 387 g/mol. The first-order chi connectivity index (χ1) is 11.6. The minimum atomic E-state index is -4.20. The van der Waals surface area contributed by atoms with Crippen LogP contribution in [0.3, 0.4) is 0 Å². The van der Waals surface area contributed by atoms with Gasteiger partial charge in [-0.1, -0.05) is 6.92 Å². The summed E-state index contributed by atoms with van der Waals surface area (Å²) in [5, 5.41) is 22.9. The second-order valence-electron chi connectivity index (χ2n) is 5.02. The van der Waals surface area contributed by atoms with Crippen LogP contribution in [0, 0.1) is 0 Å². The van der Waals surface area contributed by atoms with Crippen molar-refractivity contribution in [3.05, 3.63) is 16.6 Å². The lowest BCUT2D eigenvalue weighted by atomic mass is 10.1. The predicted octanol–water partition coefficient (Wildman–Crippen LogP) is 2.03. The van der Waals surface area contributed by atoms with E-state index in [2.05, 4.69) is 16.0 Å². The summed E-state index contributed by atoms with van der Waals surface area (Å²) < 4.78 is 36.1. The Labute approximate surface area is 150 Å². The Bertz CT molecular complexity index is 418. The highest BCUT2D eigenvalue weighted by Crippen LogP contribution is 2.27. The number of halogens is 3. The van der Waals surface area contributed by atoms with Crippen molar-refractivity contribution in [2.45, 2.75) is 57.5 Å². The van der Waals surface area contributed by atoms with Gasteiger partial charge in [-0.2, -0.15) is 13.2 Å². The fraction of sp³-hybridized carbons (Fsp3) is 0.733. The van der Waals surface area contributed by atoms with E-state index in [-0.39, 0.29) is 19.1 Å². The lowest BCUT2D eigenvalue weighted by Crippen LogP contribution is -2.33. The molecule has 3 unspecified atom stereocenters. The van der Waals surface area contributed by atoms with Crippen LogP contribution >= 0.6 is 11.3 Å². The number of nitrogens with two attached hydrogens (primary N) is 1. The van der Waals surface area contributed by atoms with Gasteiger partial charge in [-0.15, -0.1) is 11.3 Å². The first-order valence-corrected chi connectivity index (χ1v) is 8.64. The van der Waals surface area contributed by atoms with Crippen molar-refractivity contribution in [1.82, 2.24) is 10.3 Å². The molecular formula is C15H28F3N3O3S. The van der Waals surface area contributed by atoms with Crippen LogP contribution in [-0.4, -0.2) is 53.4 Å². The molecular weight excluding hydrogens is 359 g/mol. The fourth-order valence-corrected chi connectivity index (χ4v) is 2.02. The molecule has 5 N–H and O–H groups in total. The molecule has 0 bridgehead atoms. The van der Waals surface area contributed by atoms with Gasteiger partial charge in [-0.3, -0.25) is 0 Å². The summed E-state index contributed by atoms with van der Waals surface area (Å²) in [5.74, 6) is 0. The summed E-state index contributed by atoms with van der Waals surface area (Å²) in [6, 6.07) is -0.632. The van der Waals surface area contributed by atoms with Crippen LogP contribution in [-0.2, 0) is 4.79 Å². The van der Waals surface area contributed by atoms with Crippen LogP contribution in [0.1, 0.15) is 44.2 Å². The van der Waals surface area contributed by atoms with Crippen LogP contribution in [0.5, 0.6) is 0 Å². The van der Waals surface area contributed by atoms with Gasteiger partial charge in [0.1, 0.15) is 17.4 Å². The monoisotopic (exact) mass is 387 g/mol. The van der Waals surface area contributed by atoms with Crippen LogP contribution in [0.25, 0.3) is 0 Å². The number of nitrogens with zero attached hydrogens (tertiary/aromatic N) is 1. The second kappa shape index (κ2) is 15.2. The Kier molecular flexibility index (Phi) is 15.9. The third-order valence-corrected chi connectivity index (χ3v) is 3.73. The molecule has 0 aliphatic carbocycles. The maximum absolute atomic E-state index is 12.0. The number of likely N-dealkylation sites (N-methyl/N-ethyl adjacent to an activating group) is 1. The Hall–Kier alpha value is -1.07. The van der Waals surface area contributed by atoms with Gasteiger partial charge < -0.3 is 26.1 Å². The maximum atomic E-state index is 12.0. The number of alkyl halides is 3. The zero-order chi connectivity index (χ0) is 19.9. The molecule has 1 aromatic rings. The quantitative estimate of drug-likeness (QED) is 0.533. The Morgan fingerprint density at radius 3 is 2.24 bits per heavy atom. The summed E-state index contributed by atoms with van der Waals surface area (Å²) >= 11 is 1.23. The minimum Gasteiger partial charge on any atom is -0.393 e. The molecule has 1 rings (SSSR count). The molecule has 6 nitrogen and oxygen atoms in total. The van der Waals surface area contributed by atoms with Crippen molar-refractivity contribution in [2.75, 3.05) is 13.6 Å². The lowest BCUT2D eigenvalue weighted by Gasteiger charge is -2.21. The Morgan fingerprint density at radius 2 is 1.96 bits per heavy atom. The summed E-state index contributed by atoms with van der Waals surface area (Å²) in [4.78, 5) is 12.9. The van der Waals surface area contributed by atoms with E-state index in [1.54, 1.807) is 12.3 Å². The highest BCUT2D eigenvalue weighted by molar-refractivity contribution is 7.09. The van der Waals surface area contributed by atoms with E-state index in [1.165, 1.54) is 24.6 Å². The molecule has 0 spiro atoms. The van der Waals surface area contributed by atoms with Gasteiger partial charge in [0.25, 0.3) is 0 Å². The maximum Gasteiger partial charge on any atom is 0.389 e. The molecule has 0 aromatic carbocycles.